The van der Waals surface area contributed by atoms with Crippen molar-refractivity contribution in [2.24, 2.45) is 5.41 Å². The molecule has 3 aliphatic heterocycles. The Morgan fingerprint density at radius 1 is 1.10 bits per heavy atom. The second kappa shape index (κ2) is 9.68. The molecule has 40 heavy (non-hydrogen) atoms. The molecule has 212 valence electrons. The first-order valence-corrected chi connectivity index (χ1v) is 14.7. The molecule has 0 bridgehead atoms. The van der Waals surface area contributed by atoms with Gasteiger partial charge in [-0.3, -0.25) is 0 Å². The van der Waals surface area contributed by atoms with E-state index in [4.69, 9.17) is 9.72 Å². The van der Waals surface area contributed by atoms with Gasteiger partial charge in [-0.2, -0.15) is 0 Å². The van der Waals surface area contributed by atoms with E-state index in [0.29, 0.717) is 31.6 Å². The Hall–Kier alpha value is -3.27. The minimum Gasteiger partial charge on any atom is -0.444 e. The fraction of sp³-hybridized carbons (Fsp3) is 0.500. The van der Waals surface area contributed by atoms with Crippen LogP contribution in [0.2, 0.25) is 0 Å². The van der Waals surface area contributed by atoms with Crippen LogP contribution in [0.4, 0.5) is 24.4 Å². The van der Waals surface area contributed by atoms with E-state index in [1.165, 1.54) is 6.07 Å². The van der Waals surface area contributed by atoms with Gasteiger partial charge in [-0.15, -0.1) is 11.3 Å². The number of anilines is 2. The molecule has 1 spiro atoms. The van der Waals surface area contributed by atoms with Crippen molar-refractivity contribution < 1.29 is 18.3 Å². The van der Waals surface area contributed by atoms with E-state index in [1.54, 1.807) is 22.3 Å². The number of rotatable bonds is 3. The zero-order valence-electron chi connectivity index (χ0n) is 23.7. The molecule has 0 radical (unpaired) electrons. The highest BCUT2D eigenvalue weighted by Gasteiger charge is 2.51. The van der Waals surface area contributed by atoms with Gasteiger partial charge in [-0.05, 0) is 76.3 Å². The number of ether oxygens (including phenoxy) is 1. The van der Waals surface area contributed by atoms with Crippen molar-refractivity contribution in [2.45, 2.75) is 59.6 Å². The third kappa shape index (κ3) is 4.80. The Morgan fingerprint density at radius 2 is 1.88 bits per heavy atom. The second-order valence-electron chi connectivity index (χ2n) is 12.4. The first kappa shape index (κ1) is 26.9. The molecule has 7 nitrogen and oxygen atoms in total. The van der Waals surface area contributed by atoms with Crippen LogP contribution in [0.5, 0.6) is 0 Å². The van der Waals surface area contributed by atoms with Crippen LogP contribution in [0.25, 0.3) is 11.1 Å². The molecule has 0 unspecified atom stereocenters. The third-order valence-corrected chi connectivity index (χ3v) is 9.21. The summed E-state index contributed by atoms with van der Waals surface area (Å²) < 4.78 is 34.7. The van der Waals surface area contributed by atoms with Crippen LogP contribution < -0.4 is 9.80 Å². The van der Waals surface area contributed by atoms with E-state index in [-0.39, 0.29) is 11.5 Å². The van der Waals surface area contributed by atoms with Crippen molar-refractivity contribution in [3.05, 3.63) is 57.9 Å². The maximum atomic E-state index is 15.2. The van der Waals surface area contributed by atoms with Crippen LogP contribution >= 0.6 is 11.3 Å². The summed E-state index contributed by atoms with van der Waals surface area (Å²) in [6, 6.07) is 3.83. The molecule has 0 aliphatic carbocycles. The van der Waals surface area contributed by atoms with Gasteiger partial charge in [0.25, 0.3) is 0 Å². The molecule has 1 amide bonds. The smallest absolute Gasteiger partial charge is 0.410 e. The number of nitrogens with zero attached hydrogens (tertiary/aromatic N) is 5. The lowest BCUT2D eigenvalue weighted by atomic mass is 9.79. The summed E-state index contributed by atoms with van der Waals surface area (Å²) >= 11 is 1.62. The molecule has 10 heteroatoms. The summed E-state index contributed by atoms with van der Waals surface area (Å²) in [5, 5.41) is 1.13. The van der Waals surface area contributed by atoms with Crippen LogP contribution in [0.3, 0.4) is 0 Å². The molecule has 0 N–H and O–H groups in total. The largest absolute Gasteiger partial charge is 0.444 e. The van der Waals surface area contributed by atoms with Crippen molar-refractivity contribution in [3.8, 4) is 11.1 Å². The third-order valence-electron chi connectivity index (χ3n) is 8.22. The van der Waals surface area contributed by atoms with Crippen molar-refractivity contribution >= 4 is 28.2 Å². The molecule has 2 aromatic heterocycles. The molecule has 2 saturated heterocycles. The molecule has 3 aliphatic rings. The number of fused-ring (bicyclic) bond motifs is 1. The van der Waals surface area contributed by atoms with Gasteiger partial charge >= 0.3 is 6.09 Å². The first-order chi connectivity index (χ1) is 18.9. The maximum absolute atomic E-state index is 15.2. The highest BCUT2D eigenvalue weighted by Crippen LogP contribution is 2.45. The average molecular weight is 568 g/mol. The summed E-state index contributed by atoms with van der Waals surface area (Å²) in [5.74, 6) is -0.309. The fourth-order valence-corrected chi connectivity index (χ4v) is 7.24. The number of hydrogen-bond acceptors (Lipinski definition) is 7. The summed E-state index contributed by atoms with van der Waals surface area (Å²) in [5.41, 5.74) is 6.41. The maximum Gasteiger partial charge on any atom is 0.410 e. The molecule has 2 fully saturated rings. The summed E-state index contributed by atoms with van der Waals surface area (Å²) in [7, 11) is 0. The predicted molar refractivity (Wildman–Crippen MR) is 153 cm³/mol. The summed E-state index contributed by atoms with van der Waals surface area (Å²) in [4.78, 5) is 28.5. The van der Waals surface area contributed by atoms with Crippen molar-refractivity contribution in [1.29, 1.82) is 0 Å². The van der Waals surface area contributed by atoms with Crippen molar-refractivity contribution in [3.63, 3.8) is 0 Å². The van der Waals surface area contributed by atoms with Crippen molar-refractivity contribution in [2.75, 3.05) is 42.5 Å². The highest BCUT2D eigenvalue weighted by atomic mass is 32.1. The van der Waals surface area contributed by atoms with E-state index < -0.39 is 17.2 Å². The van der Waals surface area contributed by atoms with Gasteiger partial charge in [0.1, 0.15) is 28.1 Å². The molecular weight excluding hydrogens is 532 g/mol. The van der Waals surface area contributed by atoms with Gasteiger partial charge in [0.15, 0.2) is 0 Å². The normalized spacial score (nSPS) is 18.2. The number of carbonyl (C=O) groups excluding carboxylic acids is 1. The van der Waals surface area contributed by atoms with Gasteiger partial charge in [0.05, 0.1) is 23.4 Å². The molecule has 3 aromatic rings. The minimum atomic E-state index is -0.588. The average Bonchev–Trinajstić information content (AvgIpc) is 3.49. The number of benzene rings is 1. The van der Waals surface area contributed by atoms with E-state index in [2.05, 4.69) is 14.8 Å². The number of aryl methyl sites for hydroxylation is 1. The standard InChI is InChI=1S/C30H35F2N5O2S/c1-18-25(21-7-6-20(31)12-23(21)32)22-8-10-35(27-19(2)33-17-40-27)13-24(22)34-26(18)36-11-9-30(14-36)15-37(16-30)28(38)39-29(3,4)5/h6-7,12,17H,8-11,13-16H2,1-5H3. The molecule has 5 heterocycles. The van der Waals surface area contributed by atoms with Crippen LogP contribution in [-0.2, 0) is 17.7 Å². The Bertz CT molecular complexity index is 1480. The number of thiazole rings is 1. The zero-order chi connectivity index (χ0) is 28.4. The second-order valence-corrected chi connectivity index (χ2v) is 13.2. The Balaban J connectivity index is 1.33. The predicted octanol–water partition coefficient (Wildman–Crippen LogP) is 6.11. The molecular formula is C30H35F2N5O2S. The number of halogens is 2. The van der Waals surface area contributed by atoms with E-state index >= 15 is 4.39 Å². The van der Waals surface area contributed by atoms with Gasteiger partial charge in [-0.1, -0.05) is 0 Å². The van der Waals surface area contributed by atoms with E-state index in [0.717, 1.165) is 71.0 Å². The number of likely N-dealkylation sites (tertiary alicyclic amines) is 1. The minimum absolute atomic E-state index is 0.00595. The molecule has 0 saturated carbocycles. The van der Waals surface area contributed by atoms with Crippen molar-refractivity contribution in [1.82, 2.24) is 14.9 Å². The van der Waals surface area contributed by atoms with Gasteiger partial charge in [0, 0.05) is 49.8 Å². The monoisotopic (exact) mass is 567 g/mol. The number of pyridine rings is 1. The van der Waals surface area contributed by atoms with Crippen LogP contribution in [0.15, 0.2) is 23.7 Å². The summed E-state index contributed by atoms with van der Waals surface area (Å²) in [6.45, 7) is 13.9. The Labute approximate surface area is 237 Å². The Kier molecular flexibility index (Phi) is 6.52. The highest BCUT2D eigenvalue weighted by molar-refractivity contribution is 7.14. The molecule has 0 atom stereocenters. The SMILES string of the molecule is Cc1ncsc1N1CCc2c(nc(N3CCC4(CN(C(=O)OC(C)(C)C)C4)C3)c(C)c2-c2ccc(F)cc2F)C1. The lowest BCUT2D eigenvalue weighted by Gasteiger charge is -2.47. The van der Waals surface area contributed by atoms with Crippen LogP contribution in [0.1, 0.15) is 49.7 Å². The number of amides is 1. The topological polar surface area (TPSA) is 61.8 Å². The quantitative estimate of drug-likeness (QED) is 0.381. The molecule has 1 aromatic carbocycles. The summed E-state index contributed by atoms with van der Waals surface area (Å²) in [6.07, 6.45) is 1.38. The number of carbonyl (C=O) groups is 1. The van der Waals surface area contributed by atoms with E-state index in [9.17, 15) is 9.18 Å². The molecule has 6 rings (SSSR count). The van der Waals surface area contributed by atoms with E-state index in [1.807, 2.05) is 40.1 Å². The van der Waals surface area contributed by atoms with Crippen LogP contribution in [-0.4, -0.2) is 59.3 Å². The Morgan fingerprint density at radius 3 is 2.55 bits per heavy atom. The fourth-order valence-electron chi connectivity index (χ4n) is 6.40. The van der Waals surface area contributed by atoms with Gasteiger partial charge < -0.3 is 19.4 Å². The van der Waals surface area contributed by atoms with Gasteiger partial charge in [-0.25, -0.2) is 23.5 Å². The lowest BCUT2D eigenvalue weighted by molar-refractivity contribution is -0.0266. The van der Waals surface area contributed by atoms with Crippen LogP contribution in [0, 0.1) is 30.9 Å². The number of hydrogen-bond donors (Lipinski definition) is 0. The van der Waals surface area contributed by atoms with Gasteiger partial charge in [0.2, 0.25) is 0 Å². The first-order valence-electron chi connectivity index (χ1n) is 13.8. The zero-order valence-corrected chi connectivity index (χ0v) is 24.5. The number of aromatic nitrogens is 2. The lowest BCUT2D eigenvalue weighted by Crippen LogP contribution is -2.60.